The predicted molar refractivity (Wildman–Crippen MR) is 54.9 cm³/mol. The van der Waals surface area contributed by atoms with Gasteiger partial charge in [-0.05, 0) is 6.07 Å². The smallest absolute Gasteiger partial charge is 0.270 e. The fourth-order valence-electron chi connectivity index (χ4n) is 1.17. The number of rotatable bonds is 4. The van der Waals surface area contributed by atoms with Gasteiger partial charge in [-0.3, -0.25) is 10.1 Å². The van der Waals surface area contributed by atoms with Crippen LogP contribution in [-0.4, -0.2) is 19.1 Å². The Labute approximate surface area is 91.7 Å². The third-order valence-electron chi connectivity index (χ3n) is 1.88. The average Bonchev–Trinajstić information content (AvgIpc) is 2.21. The van der Waals surface area contributed by atoms with Gasteiger partial charge in [0.15, 0.2) is 6.29 Å². The van der Waals surface area contributed by atoms with Crippen LogP contribution >= 0.6 is 11.6 Å². The molecular formula is C9H10ClNO4. The highest BCUT2D eigenvalue weighted by molar-refractivity contribution is 6.31. The molecule has 0 spiro atoms. The van der Waals surface area contributed by atoms with Gasteiger partial charge in [-0.1, -0.05) is 11.6 Å². The Balaban J connectivity index is 3.07. The lowest BCUT2D eigenvalue weighted by Gasteiger charge is -2.14. The van der Waals surface area contributed by atoms with E-state index >= 15 is 0 Å². The van der Waals surface area contributed by atoms with E-state index in [0.717, 1.165) is 0 Å². The van der Waals surface area contributed by atoms with Crippen LogP contribution < -0.4 is 0 Å². The number of halogens is 1. The summed E-state index contributed by atoms with van der Waals surface area (Å²) in [5, 5.41) is 10.7. The first kappa shape index (κ1) is 11.9. The van der Waals surface area contributed by atoms with Gasteiger partial charge in [0, 0.05) is 31.9 Å². The predicted octanol–water partition coefficient (Wildman–Crippen LogP) is 2.54. The molecule has 0 radical (unpaired) electrons. The first-order chi connectivity index (χ1) is 7.10. The van der Waals surface area contributed by atoms with E-state index in [4.69, 9.17) is 21.1 Å². The molecule has 5 nitrogen and oxygen atoms in total. The molecule has 0 saturated heterocycles. The van der Waals surface area contributed by atoms with Gasteiger partial charge < -0.3 is 9.47 Å². The van der Waals surface area contributed by atoms with Gasteiger partial charge in [0.25, 0.3) is 5.69 Å². The summed E-state index contributed by atoms with van der Waals surface area (Å²) in [5.74, 6) is 0. The Morgan fingerprint density at radius 1 is 1.40 bits per heavy atom. The minimum atomic E-state index is -0.613. The summed E-state index contributed by atoms with van der Waals surface area (Å²) in [6, 6.07) is 4.13. The maximum Gasteiger partial charge on any atom is 0.270 e. The number of nitrogens with zero attached hydrogens (tertiary/aromatic N) is 1. The van der Waals surface area contributed by atoms with Crippen molar-refractivity contribution in [3.63, 3.8) is 0 Å². The van der Waals surface area contributed by atoms with Crippen molar-refractivity contribution in [2.75, 3.05) is 14.2 Å². The summed E-state index contributed by atoms with van der Waals surface area (Å²) >= 11 is 5.86. The number of ether oxygens (including phenoxy) is 2. The third kappa shape index (κ3) is 2.65. The number of methoxy groups -OCH3 is 2. The number of nitro benzene ring substituents is 1. The summed E-state index contributed by atoms with van der Waals surface area (Å²) in [7, 11) is 2.93. The summed E-state index contributed by atoms with van der Waals surface area (Å²) in [4.78, 5) is 9.95. The molecular weight excluding hydrogens is 222 g/mol. The minimum absolute atomic E-state index is 0.0605. The number of hydrogen-bond acceptors (Lipinski definition) is 4. The molecule has 0 aliphatic carbocycles. The molecule has 0 saturated carbocycles. The minimum Gasteiger partial charge on any atom is -0.352 e. The topological polar surface area (TPSA) is 61.6 Å². The van der Waals surface area contributed by atoms with Crippen LogP contribution in [0.15, 0.2) is 18.2 Å². The number of non-ortho nitro benzene ring substituents is 1. The monoisotopic (exact) mass is 231 g/mol. The van der Waals surface area contributed by atoms with Gasteiger partial charge in [-0.15, -0.1) is 0 Å². The van der Waals surface area contributed by atoms with Crippen LogP contribution in [-0.2, 0) is 9.47 Å². The zero-order valence-electron chi connectivity index (χ0n) is 8.27. The molecule has 0 N–H and O–H groups in total. The molecule has 0 aliphatic heterocycles. The van der Waals surface area contributed by atoms with E-state index in [2.05, 4.69) is 0 Å². The molecule has 0 heterocycles. The normalized spacial score (nSPS) is 10.7. The van der Waals surface area contributed by atoms with Gasteiger partial charge in [-0.2, -0.15) is 0 Å². The maximum absolute atomic E-state index is 10.5. The van der Waals surface area contributed by atoms with Gasteiger partial charge in [0.2, 0.25) is 0 Å². The zero-order valence-corrected chi connectivity index (χ0v) is 9.02. The van der Waals surface area contributed by atoms with E-state index in [-0.39, 0.29) is 10.7 Å². The van der Waals surface area contributed by atoms with Crippen molar-refractivity contribution in [2.45, 2.75) is 6.29 Å². The molecule has 15 heavy (non-hydrogen) atoms. The van der Waals surface area contributed by atoms with Crippen molar-refractivity contribution in [2.24, 2.45) is 0 Å². The third-order valence-corrected chi connectivity index (χ3v) is 2.20. The summed E-state index contributed by atoms with van der Waals surface area (Å²) in [5.41, 5.74) is 0.502. The summed E-state index contributed by atoms with van der Waals surface area (Å²) in [6.07, 6.45) is -0.613. The van der Waals surface area contributed by atoms with E-state index in [0.29, 0.717) is 5.56 Å². The van der Waals surface area contributed by atoms with Crippen molar-refractivity contribution < 1.29 is 14.4 Å². The Morgan fingerprint density at radius 2 is 2.00 bits per heavy atom. The van der Waals surface area contributed by atoms with Crippen LogP contribution in [0.1, 0.15) is 11.9 Å². The Kier molecular flexibility index (Phi) is 4.02. The maximum atomic E-state index is 10.5. The highest BCUT2D eigenvalue weighted by Gasteiger charge is 2.16. The highest BCUT2D eigenvalue weighted by Crippen LogP contribution is 2.29. The van der Waals surface area contributed by atoms with Gasteiger partial charge in [0.05, 0.1) is 9.95 Å². The van der Waals surface area contributed by atoms with Crippen LogP contribution in [0.5, 0.6) is 0 Å². The Morgan fingerprint density at radius 3 is 2.40 bits per heavy atom. The second kappa shape index (κ2) is 5.06. The standard InChI is InChI=1S/C9H10ClNO4/c1-14-9(15-2)7-4-3-6(11(12)13)5-8(7)10/h3-5,9H,1-2H3. The fraction of sp³-hybridized carbons (Fsp3) is 0.333. The molecule has 0 aliphatic rings. The molecule has 82 valence electrons. The van der Waals surface area contributed by atoms with Crippen molar-refractivity contribution in [3.8, 4) is 0 Å². The molecule has 0 amide bonds. The molecule has 1 rings (SSSR count). The van der Waals surface area contributed by atoms with E-state index < -0.39 is 11.2 Å². The van der Waals surface area contributed by atoms with Gasteiger partial charge in [0.1, 0.15) is 0 Å². The van der Waals surface area contributed by atoms with E-state index in [1.165, 1.54) is 32.4 Å². The molecule has 0 fully saturated rings. The summed E-state index contributed by atoms with van der Waals surface area (Å²) in [6.45, 7) is 0. The molecule has 0 unspecified atom stereocenters. The van der Waals surface area contributed by atoms with Gasteiger partial charge in [-0.25, -0.2) is 0 Å². The van der Waals surface area contributed by atoms with E-state index in [1.807, 2.05) is 0 Å². The van der Waals surface area contributed by atoms with Crippen molar-refractivity contribution in [3.05, 3.63) is 38.9 Å². The lowest BCUT2D eigenvalue weighted by atomic mass is 10.2. The van der Waals surface area contributed by atoms with Crippen molar-refractivity contribution in [1.29, 1.82) is 0 Å². The van der Waals surface area contributed by atoms with Gasteiger partial charge >= 0.3 is 0 Å². The lowest BCUT2D eigenvalue weighted by molar-refractivity contribution is -0.384. The fourth-order valence-corrected chi connectivity index (χ4v) is 1.43. The van der Waals surface area contributed by atoms with E-state index in [9.17, 15) is 10.1 Å². The highest BCUT2D eigenvalue weighted by atomic mass is 35.5. The molecule has 1 aromatic rings. The second-order valence-electron chi connectivity index (χ2n) is 2.77. The van der Waals surface area contributed by atoms with E-state index in [1.54, 1.807) is 0 Å². The molecule has 0 bridgehead atoms. The van der Waals surface area contributed by atoms with Crippen LogP contribution in [0, 0.1) is 10.1 Å². The number of hydrogen-bond donors (Lipinski definition) is 0. The SMILES string of the molecule is COC(OC)c1ccc([N+](=O)[O-])cc1Cl. The van der Waals surface area contributed by atoms with Crippen LogP contribution in [0.2, 0.25) is 5.02 Å². The zero-order chi connectivity index (χ0) is 11.4. The molecule has 1 aromatic carbocycles. The number of nitro groups is 1. The first-order valence-electron chi connectivity index (χ1n) is 4.09. The Hall–Kier alpha value is -1.17. The van der Waals surface area contributed by atoms with Crippen molar-refractivity contribution in [1.82, 2.24) is 0 Å². The average molecular weight is 232 g/mol. The van der Waals surface area contributed by atoms with Crippen LogP contribution in [0.25, 0.3) is 0 Å². The number of benzene rings is 1. The molecule has 0 aromatic heterocycles. The Bertz CT molecular complexity index is 365. The molecule has 0 atom stereocenters. The quantitative estimate of drug-likeness (QED) is 0.454. The van der Waals surface area contributed by atoms with Crippen LogP contribution in [0.3, 0.4) is 0 Å². The van der Waals surface area contributed by atoms with Crippen LogP contribution in [0.4, 0.5) is 5.69 Å². The largest absolute Gasteiger partial charge is 0.352 e. The molecule has 6 heteroatoms. The first-order valence-corrected chi connectivity index (χ1v) is 4.47. The van der Waals surface area contributed by atoms with Crippen molar-refractivity contribution >= 4 is 17.3 Å². The summed E-state index contributed by atoms with van der Waals surface area (Å²) < 4.78 is 9.98. The lowest BCUT2D eigenvalue weighted by Crippen LogP contribution is -2.04. The second-order valence-corrected chi connectivity index (χ2v) is 3.17.